The molecule has 1 aromatic carbocycles. The Hall–Kier alpha value is -1.82. The van der Waals surface area contributed by atoms with Crippen LogP contribution in [0, 0.1) is 0 Å². The number of anilines is 2. The Labute approximate surface area is 111 Å². The second-order valence-corrected chi connectivity index (χ2v) is 4.72. The highest BCUT2D eigenvalue weighted by molar-refractivity contribution is 7.80. The molecule has 2 rings (SSSR count). The Balaban J connectivity index is 2.37. The quantitative estimate of drug-likeness (QED) is 0.710. The van der Waals surface area contributed by atoms with E-state index in [1.807, 2.05) is 6.07 Å². The van der Waals surface area contributed by atoms with Gasteiger partial charge in [0.1, 0.15) is 0 Å². The third-order valence-corrected chi connectivity index (χ3v) is 3.08. The topological polar surface area (TPSA) is 84.4 Å². The number of hydrogen-bond donors (Lipinski definition) is 3. The summed E-state index contributed by atoms with van der Waals surface area (Å²) in [6.07, 6.45) is 2.26. The summed E-state index contributed by atoms with van der Waals surface area (Å²) in [5.41, 5.74) is 13.0. The monoisotopic (exact) mass is 264 g/mol. The van der Waals surface area contributed by atoms with Gasteiger partial charge >= 0.3 is 0 Å². The van der Waals surface area contributed by atoms with Crippen molar-refractivity contribution in [3.05, 3.63) is 23.8 Å². The number of rotatable bonds is 3. The number of amides is 1. The van der Waals surface area contributed by atoms with Gasteiger partial charge in [-0.3, -0.25) is 4.79 Å². The van der Waals surface area contributed by atoms with Gasteiger partial charge in [-0.2, -0.15) is 0 Å². The predicted octanol–water partition coefficient (Wildman–Crippen LogP) is 1.04. The van der Waals surface area contributed by atoms with E-state index in [2.05, 4.69) is 10.2 Å². The molecule has 0 aliphatic carbocycles. The normalized spacial score (nSPS) is 14.6. The molecule has 5 N–H and O–H groups in total. The Kier molecular flexibility index (Phi) is 3.66. The molecular weight excluding hydrogens is 248 g/mol. The molecular formula is C12H16N4OS. The third kappa shape index (κ3) is 2.70. The van der Waals surface area contributed by atoms with Gasteiger partial charge in [0.25, 0.3) is 5.91 Å². The van der Waals surface area contributed by atoms with E-state index in [9.17, 15) is 4.79 Å². The van der Waals surface area contributed by atoms with E-state index in [0.29, 0.717) is 5.56 Å². The average Bonchev–Trinajstić information content (AvgIpc) is 2.80. The van der Waals surface area contributed by atoms with Gasteiger partial charge in [0.2, 0.25) is 0 Å². The van der Waals surface area contributed by atoms with Crippen molar-refractivity contribution >= 4 is 34.6 Å². The minimum Gasteiger partial charge on any atom is -0.376 e. The summed E-state index contributed by atoms with van der Waals surface area (Å²) >= 11 is 4.80. The maximum atomic E-state index is 11.4. The number of nitrogens with zero attached hydrogens (tertiary/aromatic N) is 1. The van der Waals surface area contributed by atoms with Crippen molar-refractivity contribution < 1.29 is 4.79 Å². The van der Waals surface area contributed by atoms with E-state index in [4.69, 9.17) is 23.7 Å². The number of carbonyl (C=O) groups is 1. The lowest BCUT2D eigenvalue weighted by atomic mass is 10.1. The molecule has 0 atom stereocenters. The molecule has 1 heterocycles. The summed E-state index contributed by atoms with van der Waals surface area (Å²) in [6, 6.07) is 5.32. The fraction of sp³-hybridized carbons (Fsp3) is 0.333. The Morgan fingerprint density at radius 2 is 1.94 bits per heavy atom. The Morgan fingerprint density at radius 3 is 2.50 bits per heavy atom. The van der Waals surface area contributed by atoms with Crippen LogP contribution in [0.3, 0.4) is 0 Å². The van der Waals surface area contributed by atoms with Gasteiger partial charge in [-0.05, 0) is 43.3 Å². The molecule has 1 amide bonds. The summed E-state index contributed by atoms with van der Waals surface area (Å²) in [4.78, 5) is 13.6. The molecule has 0 bridgehead atoms. The first-order valence-electron chi connectivity index (χ1n) is 5.83. The molecule has 1 aliphatic rings. The molecule has 18 heavy (non-hydrogen) atoms. The molecule has 0 saturated carbocycles. The van der Waals surface area contributed by atoms with Crippen molar-refractivity contribution in [2.45, 2.75) is 12.8 Å². The van der Waals surface area contributed by atoms with Crippen LogP contribution in [0.4, 0.5) is 11.4 Å². The predicted molar refractivity (Wildman–Crippen MR) is 76.8 cm³/mol. The lowest BCUT2D eigenvalue weighted by Gasteiger charge is -2.21. The minimum atomic E-state index is -0.418. The van der Waals surface area contributed by atoms with Crippen molar-refractivity contribution in [3.8, 4) is 0 Å². The van der Waals surface area contributed by atoms with Gasteiger partial charge in [-0.1, -0.05) is 0 Å². The van der Waals surface area contributed by atoms with Crippen LogP contribution in [0.1, 0.15) is 23.2 Å². The van der Waals surface area contributed by atoms with E-state index in [0.717, 1.165) is 37.3 Å². The summed E-state index contributed by atoms with van der Waals surface area (Å²) in [7, 11) is 0. The largest absolute Gasteiger partial charge is 0.376 e. The zero-order valence-electron chi connectivity index (χ0n) is 9.98. The second kappa shape index (κ2) is 5.22. The number of primary amides is 1. The first kappa shape index (κ1) is 12.6. The number of nitrogens with two attached hydrogens (primary N) is 2. The SMILES string of the molecule is NC(=O)c1ccc(NC(N)=S)cc1N1CCCC1. The summed E-state index contributed by atoms with van der Waals surface area (Å²) < 4.78 is 0. The highest BCUT2D eigenvalue weighted by Crippen LogP contribution is 2.27. The molecule has 5 nitrogen and oxygen atoms in total. The number of nitrogens with one attached hydrogen (secondary N) is 1. The van der Waals surface area contributed by atoms with Crippen LogP contribution >= 0.6 is 12.2 Å². The van der Waals surface area contributed by atoms with Crippen molar-refractivity contribution in [2.24, 2.45) is 11.5 Å². The van der Waals surface area contributed by atoms with E-state index in [1.165, 1.54) is 0 Å². The van der Waals surface area contributed by atoms with E-state index >= 15 is 0 Å². The average molecular weight is 264 g/mol. The summed E-state index contributed by atoms with van der Waals surface area (Å²) in [6.45, 7) is 1.88. The van der Waals surface area contributed by atoms with Crippen molar-refractivity contribution in [1.82, 2.24) is 0 Å². The molecule has 1 saturated heterocycles. The molecule has 1 fully saturated rings. The van der Waals surface area contributed by atoms with Crippen LogP contribution in [-0.4, -0.2) is 24.1 Å². The van der Waals surface area contributed by atoms with E-state index in [1.54, 1.807) is 12.1 Å². The van der Waals surface area contributed by atoms with E-state index in [-0.39, 0.29) is 5.11 Å². The fourth-order valence-corrected chi connectivity index (χ4v) is 2.30. The number of hydrogen-bond acceptors (Lipinski definition) is 3. The van der Waals surface area contributed by atoms with Gasteiger partial charge in [0, 0.05) is 18.8 Å². The first-order valence-corrected chi connectivity index (χ1v) is 6.24. The van der Waals surface area contributed by atoms with Crippen LogP contribution in [0.2, 0.25) is 0 Å². The lowest BCUT2D eigenvalue weighted by Crippen LogP contribution is -2.24. The Bertz CT molecular complexity index is 483. The number of carbonyl (C=O) groups excluding carboxylic acids is 1. The summed E-state index contributed by atoms with van der Waals surface area (Å²) in [5, 5.41) is 3.07. The van der Waals surface area contributed by atoms with Gasteiger partial charge in [0.05, 0.1) is 11.3 Å². The molecule has 96 valence electrons. The highest BCUT2D eigenvalue weighted by atomic mass is 32.1. The highest BCUT2D eigenvalue weighted by Gasteiger charge is 2.18. The molecule has 6 heteroatoms. The van der Waals surface area contributed by atoms with Gasteiger partial charge in [0.15, 0.2) is 5.11 Å². The van der Waals surface area contributed by atoms with Crippen LogP contribution in [0.5, 0.6) is 0 Å². The maximum Gasteiger partial charge on any atom is 0.250 e. The zero-order valence-corrected chi connectivity index (χ0v) is 10.8. The molecule has 0 unspecified atom stereocenters. The number of thiocarbonyl (C=S) groups is 1. The van der Waals surface area contributed by atoms with Gasteiger partial charge in [-0.25, -0.2) is 0 Å². The van der Waals surface area contributed by atoms with Crippen LogP contribution in [0.15, 0.2) is 18.2 Å². The molecule has 0 aromatic heterocycles. The van der Waals surface area contributed by atoms with Crippen LogP contribution in [0.25, 0.3) is 0 Å². The van der Waals surface area contributed by atoms with Crippen molar-refractivity contribution in [2.75, 3.05) is 23.3 Å². The maximum absolute atomic E-state index is 11.4. The standard InChI is InChI=1S/C12H16N4OS/c13-11(17)9-4-3-8(15-12(14)18)7-10(9)16-5-1-2-6-16/h3-4,7H,1-2,5-6H2,(H2,13,17)(H3,14,15,18). The molecule has 0 spiro atoms. The van der Waals surface area contributed by atoms with Crippen molar-refractivity contribution in [1.29, 1.82) is 0 Å². The second-order valence-electron chi connectivity index (χ2n) is 4.28. The van der Waals surface area contributed by atoms with Gasteiger partial charge in [-0.15, -0.1) is 0 Å². The molecule has 0 radical (unpaired) electrons. The van der Waals surface area contributed by atoms with E-state index < -0.39 is 5.91 Å². The zero-order chi connectivity index (χ0) is 13.1. The number of benzene rings is 1. The Morgan fingerprint density at radius 1 is 1.28 bits per heavy atom. The van der Waals surface area contributed by atoms with Crippen molar-refractivity contribution in [3.63, 3.8) is 0 Å². The van der Waals surface area contributed by atoms with Crippen LogP contribution < -0.4 is 21.7 Å². The smallest absolute Gasteiger partial charge is 0.250 e. The van der Waals surface area contributed by atoms with Gasteiger partial charge < -0.3 is 21.7 Å². The molecule has 1 aromatic rings. The minimum absolute atomic E-state index is 0.203. The fourth-order valence-electron chi connectivity index (χ4n) is 2.18. The van der Waals surface area contributed by atoms with Crippen LogP contribution in [-0.2, 0) is 0 Å². The lowest BCUT2D eigenvalue weighted by molar-refractivity contribution is 0.100. The first-order chi connectivity index (χ1) is 8.58. The third-order valence-electron chi connectivity index (χ3n) is 2.98. The molecule has 1 aliphatic heterocycles. The summed E-state index contributed by atoms with van der Waals surface area (Å²) in [5.74, 6) is -0.418.